The maximum absolute atomic E-state index is 5.57. The van der Waals surface area contributed by atoms with Crippen molar-refractivity contribution in [2.24, 2.45) is 0 Å². The summed E-state index contributed by atoms with van der Waals surface area (Å²) in [6, 6.07) is 6.04. The molecule has 1 heterocycles. The Morgan fingerprint density at radius 1 is 1.19 bits per heavy atom. The molecule has 4 nitrogen and oxygen atoms in total. The Hall–Kier alpha value is -1.59. The average molecular weight is 351 g/mol. The van der Waals surface area contributed by atoms with Gasteiger partial charge in [0, 0.05) is 18.0 Å². The van der Waals surface area contributed by atoms with E-state index in [0.717, 1.165) is 32.7 Å². The summed E-state index contributed by atoms with van der Waals surface area (Å²) in [7, 11) is 5.22. The summed E-state index contributed by atoms with van der Waals surface area (Å²) in [5.74, 6) is 1.50. The molecule has 1 aromatic carbocycles. The van der Waals surface area contributed by atoms with Gasteiger partial charge in [-0.1, -0.05) is 6.07 Å². The molecule has 0 fully saturated rings. The van der Waals surface area contributed by atoms with E-state index in [1.807, 2.05) is 38.5 Å². The minimum absolute atomic E-state index is 0.00504. The molecule has 0 aliphatic heterocycles. The maximum Gasteiger partial charge on any atom is 0.141 e. The number of ether oxygens (including phenoxy) is 2. The lowest BCUT2D eigenvalue weighted by Gasteiger charge is -2.21. The lowest BCUT2D eigenvalue weighted by molar-refractivity contribution is 0.383. The molecular formula is C16H19BrN2O2. The SMILES string of the molecule is CNC(c1cncc(C)c1)c1ccc(OC)c(Br)c1OC. The van der Waals surface area contributed by atoms with Crippen LogP contribution in [0.15, 0.2) is 35.1 Å². The summed E-state index contributed by atoms with van der Waals surface area (Å²) in [6.45, 7) is 2.03. The van der Waals surface area contributed by atoms with Gasteiger partial charge in [0.25, 0.3) is 0 Å². The third kappa shape index (κ3) is 3.19. The van der Waals surface area contributed by atoms with Gasteiger partial charge in [-0.25, -0.2) is 0 Å². The Morgan fingerprint density at radius 2 is 1.95 bits per heavy atom. The Labute approximate surface area is 133 Å². The lowest BCUT2D eigenvalue weighted by Crippen LogP contribution is -2.19. The number of hydrogen-bond acceptors (Lipinski definition) is 4. The normalized spacial score (nSPS) is 12.0. The van der Waals surface area contributed by atoms with Crippen LogP contribution in [0.5, 0.6) is 11.5 Å². The Balaban J connectivity index is 2.55. The van der Waals surface area contributed by atoms with Crippen molar-refractivity contribution in [1.29, 1.82) is 0 Å². The first-order chi connectivity index (χ1) is 10.1. The summed E-state index contributed by atoms with van der Waals surface area (Å²) in [5.41, 5.74) is 3.24. The molecule has 112 valence electrons. The van der Waals surface area contributed by atoms with Crippen LogP contribution in [0.3, 0.4) is 0 Å². The summed E-state index contributed by atoms with van der Waals surface area (Å²) < 4.78 is 11.7. The smallest absolute Gasteiger partial charge is 0.141 e. The Bertz CT molecular complexity index is 632. The highest BCUT2D eigenvalue weighted by atomic mass is 79.9. The molecule has 2 rings (SSSR count). The van der Waals surface area contributed by atoms with Gasteiger partial charge < -0.3 is 14.8 Å². The molecule has 0 saturated carbocycles. The summed E-state index contributed by atoms with van der Waals surface area (Å²) >= 11 is 3.54. The highest BCUT2D eigenvalue weighted by Crippen LogP contribution is 2.41. The van der Waals surface area contributed by atoms with E-state index < -0.39 is 0 Å². The minimum Gasteiger partial charge on any atom is -0.495 e. The van der Waals surface area contributed by atoms with Gasteiger partial charge in [0.1, 0.15) is 16.0 Å². The lowest BCUT2D eigenvalue weighted by atomic mass is 9.98. The fourth-order valence-corrected chi connectivity index (χ4v) is 3.07. The van der Waals surface area contributed by atoms with Crippen molar-refractivity contribution in [2.75, 3.05) is 21.3 Å². The topological polar surface area (TPSA) is 43.4 Å². The van der Waals surface area contributed by atoms with Gasteiger partial charge in [-0.05, 0) is 53.2 Å². The van der Waals surface area contributed by atoms with Crippen molar-refractivity contribution in [1.82, 2.24) is 10.3 Å². The summed E-state index contributed by atoms with van der Waals surface area (Å²) in [6.07, 6.45) is 3.71. The zero-order valence-corrected chi connectivity index (χ0v) is 14.2. The third-order valence-electron chi connectivity index (χ3n) is 3.35. The molecule has 21 heavy (non-hydrogen) atoms. The van der Waals surface area contributed by atoms with Crippen LogP contribution < -0.4 is 14.8 Å². The van der Waals surface area contributed by atoms with Crippen LogP contribution in [0, 0.1) is 6.92 Å². The van der Waals surface area contributed by atoms with Crippen molar-refractivity contribution in [2.45, 2.75) is 13.0 Å². The second kappa shape index (κ2) is 6.91. The number of methoxy groups -OCH3 is 2. The van der Waals surface area contributed by atoms with Crippen LogP contribution in [0.1, 0.15) is 22.7 Å². The average Bonchev–Trinajstić information content (AvgIpc) is 2.48. The van der Waals surface area contributed by atoms with E-state index in [1.54, 1.807) is 14.2 Å². The van der Waals surface area contributed by atoms with Gasteiger partial charge in [0.05, 0.1) is 20.3 Å². The van der Waals surface area contributed by atoms with Crippen molar-refractivity contribution in [3.05, 3.63) is 51.8 Å². The first kappa shape index (κ1) is 15.8. The third-order valence-corrected chi connectivity index (χ3v) is 4.10. The standard InChI is InChI=1S/C16H19BrN2O2/c1-10-7-11(9-19-8-10)15(18-2)12-5-6-13(20-3)14(17)16(12)21-4/h5-9,15,18H,1-4H3. The van der Waals surface area contributed by atoms with Crippen LogP contribution in [-0.2, 0) is 0 Å². The molecular weight excluding hydrogens is 332 g/mol. The summed E-state index contributed by atoms with van der Waals surface area (Å²) in [4.78, 5) is 4.27. The molecule has 0 radical (unpaired) electrons. The Kier molecular flexibility index (Phi) is 5.20. The molecule has 0 amide bonds. The van der Waals surface area contributed by atoms with E-state index in [4.69, 9.17) is 9.47 Å². The zero-order chi connectivity index (χ0) is 15.4. The number of nitrogens with one attached hydrogen (secondary N) is 1. The number of pyridine rings is 1. The van der Waals surface area contributed by atoms with Crippen LogP contribution in [0.25, 0.3) is 0 Å². The van der Waals surface area contributed by atoms with E-state index in [9.17, 15) is 0 Å². The number of benzene rings is 1. The van der Waals surface area contributed by atoms with Crippen molar-refractivity contribution < 1.29 is 9.47 Å². The van der Waals surface area contributed by atoms with Crippen LogP contribution >= 0.6 is 15.9 Å². The number of aromatic nitrogens is 1. The van der Waals surface area contributed by atoms with Crippen LogP contribution in [-0.4, -0.2) is 26.3 Å². The molecule has 0 aliphatic rings. The quantitative estimate of drug-likeness (QED) is 0.896. The highest BCUT2D eigenvalue weighted by molar-refractivity contribution is 9.10. The zero-order valence-electron chi connectivity index (χ0n) is 12.6. The molecule has 1 unspecified atom stereocenters. The fraction of sp³-hybridized carbons (Fsp3) is 0.312. The second-order valence-corrected chi connectivity index (χ2v) is 5.51. The Morgan fingerprint density at radius 3 is 2.52 bits per heavy atom. The van der Waals surface area contributed by atoms with Crippen molar-refractivity contribution in [3.8, 4) is 11.5 Å². The monoisotopic (exact) mass is 350 g/mol. The maximum atomic E-state index is 5.57. The van der Waals surface area contributed by atoms with Crippen molar-refractivity contribution >= 4 is 15.9 Å². The molecule has 5 heteroatoms. The van der Waals surface area contributed by atoms with E-state index in [0.29, 0.717) is 0 Å². The molecule has 0 spiro atoms. The summed E-state index contributed by atoms with van der Waals surface area (Å²) in [5, 5.41) is 3.32. The fourth-order valence-electron chi connectivity index (χ4n) is 2.38. The minimum atomic E-state index is -0.00504. The van der Waals surface area contributed by atoms with Gasteiger partial charge in [-0.3, -0.25) is 4.98 Å². The second-order valence-electron chi connectivity index (χ2n) is 4.72. The van der Waals surface area contributed by atoms with Gasteiger partial charge in [0.15, 0.2) is 0 Å². The number of rotatable bonds is 5. The van der Waals surface area contributed by atoms with Gasteiger partial charge in [-0.15, -0.1) is 0 Å². The molecule has 2 aromatic rings. The number of nitrogens with zero attached hydrogens (tertiary/aromatic N) is 1. The van der Waals surface area contributed by atoms with E-state index >= 15 is 0 Å². The largest absolute Gasteiger partial charge is 0.495 e. The van der Waals surface area contributed by atoms with Gasteiger partial charge in [0.2, 0.25) is 0 Å². The molecule has 1 aromatic heterocycles. The molecule has 0 aliphatic carbocycles. The van der Waals surface area contributed by atoms with Crippen LogP contribution in [0.4, 0.5) is 0 Å². The van der Waals surface area contributed by atoms with E-state index in [-0.39, 0.29) is 6.04 Å². The van der Waals surface area contributed by atoms with Gasteiger partial charge >= 0.3 is 0 Å². The predicted molar refractivity (Wildman–Crippen MR) is 87.1 cm³/mol. The number of halogens is 1. The van der Waals surface area contributed by atoms with E-state index in [2.05, 4.69) is 32.3 Å². The first-order valence-electron chi connectivity index (χ1n) is 6.61. The van der Waals surface area contributed by atoms with Gasteiger partial charge in [-0.2, -0.15) is 0 Å². The highest BCUT2D eigenvalue weighted by Gasteiger charge is 2.21. The van der Waals surface area contributed by atoms with Crippen LogP contribution in [0.2, 0.25) is 0 Å². The number of aryl methyl sites for hydroxylation is 1. The van der Waals surface area contributed by atoms with E-state index in [1.165, 1.54) is 0 Å². The molecule has 0 saturated heterocycles. The number of hydrogen-bond donors (Lipinski definition) is 1. The molecule has 1 atom stereocenters. The first-order valence-corrected chi connectivity index (χ1v) is 7.40. The predicted octanol–water partition coefficient (Wildman–Crippen LogP) is 3.48. The molecule has 0 bridgehead atoms. The van der Waals surface area contributed by atoms with Crippen molar-refractivity contribution in [3.63, 3.8) is 0 Å². The molecule has 1 N–H and O–H groups in total.